The zero-order valence-electron chi connectivity index (χ0n) is 19.6. The van der Waals surface area contributed by atoms with E-state index < -0.39 is 36.4 Å². The monoisotopic (exact) mass is 538 g/mol. The number of amides is 3. The summed E-state index contributed by atoms with van der Waals surface area (Å²) in [6, 6.07) is 11.7. The molecule has 1 aliphatic heterocycles. The fourth-order valence-corrected chi connectivity index (χ4v) is 5.04. The number of anilines is 1. The Balaban J connectivity index is 1.49. The van der Waals surface area contributed by atoms with Crippen molar-refractivity contribution >= 4 is 45.3 Å². The van der Waals surface area contributed by atoms with Gasteiger partial charge < -0.3 is 10.1 Å². The Kier molecular flexibility index (Phi) is 7.50. The third kappa shape index (κ3) is 5.37. The standard InChI is InChI=1S/C27H27BrN2O5/c1-16-13-22(17(2)12-21(16)28)29-24(31)15-35-27(34)23(14-18-8-4-3-5-9-18)30-25(32)19-10-6-7-11-20(19)26(30)33/h3-9,12-13,19-20,23H,10-11,14-15H2,1-2H3,(H,29,31)/t19-,20+,23-/m0/s1. The Morgan fingerprint density at radius 2 is 1.66 bits per heavy atom. The first-order valence-electron chi connectivity index (χ1n) is 11.6. The van der Waals surface area contributed by atoms with Crippen molar-refractivity contribution in [3.8, 4) is 0 Å². The fourth-order valence-electron chi connectivity index (χ4n) is 4.59. The number of likely N-dealkylation sites (tertiary alicyclic amines) is 1. The van der Waals surface area contributed by atoms with Crippen LogP contribution in [0.15, 0.2) is 59.1 Å². The van der Waals surface area contributed by atoms with Gasteiger partial charge in [0.05, 0.1) is 11.8 Å². The largest absolute Gasteiger partial charge is 0.454 e. The van der Waals surface area contributed by atoms with Gasteiger partial charge in [-0.3, -0.25) is 19.3 Å². The highest BCUT2D eigenvalue weighted by Crippen LogP contribution is 2.36. The summed E-state index contributed by atoms with van der Waals surface area (Å²) in [5, 5.41) is 2.76. The third-order valence-corrected chi connectivity index (χ3v) is 7.38. The van der Waals surface area contributed by atoms with Crippen LogP contribution in [0.4, 0.5) is 5.69 Å². The molecule has 0 radical (unpaired) electrons. The van der Waals surface area contributed by atoms with Crippen LogP contribution in [0.3, 0.4) is 0 Å². The van der Waals surface area contributed by atoms with E-state index in [9.17, 15) is 19.2 Å². The SMILES string of the molecule is Cc1cc(NC(=O)COC(=O)[C@H](Cc2ccccc2)N2C(=O)[C@H]3CC=CC[C@H]3C2=O)c(C)cc1Br. The van der Waals surface area contributed by atoms with E-state index in [-0.39, 0.29) is 18.2 Å². The molecule has 1 saturated heterocycles. The summed E-state index contributed by atoms with van der Waals surface area (Å²) in [4.78, 5) is 53.1. The van der Waals surface area contributed by atoms with Gasteiger partial charge in [0.15, 0.2) is 6.61 Å². The number of nitrogens with zero attached hydrogens (tertiary/aromatic N) is 1. The van der Waals surface area contributed by atoms with Crippen LogP contribution in [0.25, 0.3) is 0 Å². The first kappa shape index (κ1) is 24.9. The van der Waals surface area contributed by atoms with Crippen molar-refractivity contribution in [3.63, 3.8) is 0 Å². The number of hydrogen-bond donors (Lipinski definition) is 1. The smallest absolute Gasteiger partial charge is 0.330 e. The lowest BCUT2D eigenvalue weighted by atomic mass is 9.85. The van der Waals surface area contributed by atoms with E-state index in [4.69, 9.17) is 4.74 Å². The highest BCUT2D eigenvalue weighted by atomic mass is 79.9. The second-order valence-corrected chi connectivity index (χ2v) is 9.83. The number of imide groups is 1. The van der Waals surface area contributed by atoms with Crippen molar-refractivity contribution in [2.45, 2.75) is 39.2 Å². The number of esters is 1. The van der Waals surface area contributed by atoms with Crippen LogP contribution >= 0.6 is 15.9 Å². The molecule has 2 aliphatic rings. The van der Waals surface area contributed by atoms with E-state index in [1.807, 2.05) is 68.5 Å². The minimum atomic E-state index is -1.13. The Labute approximate surface area is 212 Å². The van der Waals surface area contributed by atoms with Gasteiger partial charge >= 0.3 is 5.97 Å². The van der Waals surface area contributed by atoms with E-state index in [1.165, 1.54) is 0 Å². The number of fused-ring (bicyclic) bond motifs is 1. The summed E-state index contributed by atoms with van der Waals surface area (Å²) in [5.74, 6) is -2.89. The normalized spacial score (nSPS) is 19.9. The van der Waals surface area contributed by atoms with Crippen LogP contribution in [0.1, 0.15) is 29.5 Å². The van der Waals surface area contributed by atoms with Gasteiger partial charge in [-0.25, -0.2) is 4.79 Å². The van der Waals surface area contributed by atoms with E-state index in [0.29, 0.717) is 18.5 Å². The van der Waals surface area contributed by atoms with Crippen molar-refractivity contribution in [1.29, 1.82) is 0 Å². The van der Waals surface area contributed by atoms with Crippen LogP contribution in [-0.2, 0) is 30.3 Å². The average Bonchev–Trinajstić information content (AvgIpc) is 3.10. The molecule has 0 unspecified atom stereocenters. The van der Waals surface area contributed by atoms with E-state index >= 15 is 0 Å². The van der Waals surface area contributed by atoms with Gasteiger partial charge in [0.2, 0.25) is 11.8 Å². The summed E-state index contributed by atoms with van der Waals surface area (Å²) < 4.78 is 6.27. The Morgan fingerprint density at radius 3 is 2.29 bits per heavy atom. The highest BCUT2D eigenvalue weighted by Gasteiger charge is 2.51. The van der Waals surface area contributed by atoms with E-state index in [2.05, 4.69) is 21.2 Å². The van der Waals surface area contributed by atoms with Gasteiger partial charge in [-0.1, -0.05) is 58.4 Å². The molecular formula is C27H27BrN2O5. The molecule has 1 N–H and O–H groups in total. The molecule has 2 aromatic carbocycles. The fraction of sp³-hybridized carbons (Fsp3) is 0.333. The number of halogens is 1. The number of nitrogens with one attached hydrogen (secondary N) is 1. The summed E-state index contributed by atoms with van der Waals surface area (Å²) in [6.45, 7) is 3.24. The number of hydrogen-bond acceptors (Lipinski definition) is 5. The van der Waals surface area contributed by atoms with Crippen molar-refractivity contribution in [2.24, 2.45) is 11.8 Å². The number of aryl methyl sites for hydroxylation is 2. The molecule has 182 valence electrons. The first-order valence-corrected chi connectivity index (χ1v) is 12.3. The van der Waals surface area contributed by atoms with Crippen LogP contribution in [0.5, 0.6) is 0 Å². The Hall–Kier alpha value is -3.26. The maximum atomic E-state index is 13.2. The quantitative estimate of drug-likeness (QED) is 0.325. The lowest BCUT2D eigenvalue weighted by Gasteiger charge is -2.25. The van der Waals surface area contributed by atoms with E-state index in [1.54, 1.807) is 0 Å². The molecule has 35 heavy (non-hydrogen) atoms. The molecule has 0 spiro atoms. The Bertz CT molecular complexity index is 1170. The first-order chi connectivity index (χ1) is 16.8. The zero-order valence-corrected chi connectivity index (χ0v) is 21.2. The van der Waals surface area contributed by atoms with Gasteiger partial charge in [0, 0.05) is 16.6 Å². The summed E-state index contributed by atoms with van der Waals surface area (Å²) in [7, 11) is 0. The number of allylic oxidation sites excluding steroid dienone is 2. The van der Waals surface area contributed by atoms with Gasteiger partial charge in [-0.15, -0.1) is 0 Å². The summed E-state index contributed by atoms with van der Waals surface area (Å²) >= 11 is 3.46. The molecule has 1 aliphatic carbocycles. The summed E-state index contributed by atoms with van der Waals surface area (Å²) in [5.41, 5.74) is 3.21. The highest BCUT2D eigenvalue weighted by molar-refractivity contribution is 9.10. The molecule has 1 fully saturated rings. The van der Waals surface area contributed by atoms with Crippen molar-refractivity contribution in [3.05, 3.63) is 75.8 Å². The second kappa shape index (κ2) is 10.6. The maximum Gasteiger partial charge on any atom is 0.330 e. The van der Waals surface area contributed by atoms with Crippen LogP contribution in [0, 0.1) is 25.7 Å². The molecule has 0 aromatic heterocycles. The van der Waals surface area contributed by atoms with Crippen molar-refractivity contribution in [1.82, 2.24) is 4.90 Å². The lowest BCUT2D eigenvalue weighted by Crippen LogP contribution is -2.48. The van der Waals surface area contributed by atoms with E-state index in [0.717, 1.165) is 26.1 Å². The molecule has 7 nitrogen and oxygen atoms in total. The topological polar surface area (TPSA) is 92.8 Å². The maximum absolute atomic E-state index is 13.2. The minimum absolute atomic E-state index is 0.122. The number of carbonyl (C=O) groups excluding carboxylic acids is 4. The molecule has 4 rings (SSSR count). The second-order valence-electron chi connectivity index (χ2n) is 8.98. The predicted octanol–water partition coefficient (Wildman–Crippen LogP) is 4.11. The summed E-state index contributed by atoms with van der Waals surface area (Å²) in [6.07, 6.45) is 4.88. The number of rotatable bonds is 7. The number of benzene rings is 2. The van der Waals surface area contributed by atoms with Crippen LogP contribution < -0.4 is 5.32 Å². The molecule has 3 atom stereocenters. The Morgan fingerprint density at radius 1 is 1.03 bits per heavy atom. The number of carbonyl (C=O) groups is 4. The zero-order chi connectivity index (χ0) is 25.1. The minimum Gasteiger partial charge on any atom is -0.454 e. The van der Waals surface area contributed by atoms with Gasteiger partial charge in [-0.05, 0) is 55.5 Å². The molecule has 0 saturated carbocycles. The van der Waals surface area contributed by atoms with Crippen LogP contribution in [-0.4, -0.2) is 41.2 Å². The molecule has 1 heterocycles. The predicted molar refractivity (Wildman–Crippen MR) is 134 cm³/mol. The van der Waals surface area contributed by atoms with Crippen LogP contribution in [0.2, 0.25) is 0 Å². The molecule has 2 aromatic rings. The van der Waals surface area contributed by atoms with Gasteiger partial charge in [0.25, 0.3) is 5.91 Å². The molecule has 3 amide bonds. The molecular weight excluding hydrogens is 512 g/mol. The number of ether oxygens (including phenoxy) is 1. The van der Waals surface area contributed by atoms with Gasteiger partial charge in [-0.2, -0.15) is 0 Å². The molecule has 8 heteroatoms. The van der Waals surface area contributed by atoms with Crippen molar-refractivity contribution in [2.75, 3.05) is 11.9 Å². The molecule has 0 bridgehead atoms. The van der Waals surface area contributed by atoms with Crippen molar-refractivity contribution < 1.29 is 23.9 Å². The third-order valence-electron chi connectivity index (χ3n) is 6.52. The average molecular weight is 539 g/mol. The van der Waals surface area contributed by atoms with Gasteiger partial charge in [0.1, 0.15) is 6.04 Å². The lowest BCUT2D eigenvalue weighted by molar-refractivity contribution is -0.159.